The number of ether oxygens (including phenoxy) is 2. The second kappa shape index (κ2) is 19.8. The molecule has 2 aromatic heterocycles. The lowest BCUT2D eigenvalue weighted by Crippen LogP contribution is -2.16. The molecule has 0 aliphatic heterocycles. The third-order valence-electron chi connectivity index (χ3n) is 7.48. The van der Waals surface area contributed by atoms with Crippen LogP contribution in [0.3, 0.4) is 0 Å². The SMILES string of the molecule is O=S(=O)(Nc1ncc(Cl)nc1OCc1ccccc1CO)c1cccc(Cl)c1Cl.O=S(=O)(Nc1nccnc1OCc1ccc(CO)cc1)c1cccc(Cl)c1Cl. The molecule has 6 aromatic rings. The number of aliphatic hydroxyl groups is 2. The van der Waals surface area contributed by atoms with Gasteiger partial charge in [-0.1, -0.05) is 119 Å². The van der Waals surface area contributed by atoms with Gasteiger partial charge in [-0.15, -0.1) is 0 Å². The van der Waals surface area contributed by atoms with Crippen LogP contribution in [-0.2, 0) is 46.5 Å². The number of rotatable bonds is 14. The number of hydrogen-bond acceptors (Lipinski definition) is 12. The van der Waals surface area contributed by atoms with Crippen molar-refractivity contribution in [1.82, 2.24) is 19.9 Å². The standard InChI is InChI=1S/C18H14Cl3N3O4S.C18H15Cl2N3O4S/c19-13-6-3-7-14(16(13)21)29(26,27)24-17-18(23-15(20)8-22-17)28-10-12-5-2-1-4-11(12)9-25;19-14-2-1-3-15(16(14)20)28(25,26)23-17-18(22-9-8-21-17)27-11-13-6-4-12(10-24)5-7-13/h1-8,25H,9-10H2,(H,22,24);1-9,24H,10-11H2,(H,21,23). The van der Waals surface area contributed by atoms with Crippen molar-refractivity contribution < 1.29 is 36.5 Å². The molecule has 4 N–H and O–H groups in total. The lowest BCUT2D eigenvalue weighted by molar-refractivity contribution is 0.266. The average Bonchev–Trinajstić information content (AvgIpc) is 3.20. The van der Waals surface area contributed by atoms with Crippen molar-refractivity contribution in [1.29, 1.82) is 0 Å². The summed E-state index contributed by atoms with van der Waals surface area (Å²) in [7, 11) is -8.19. The fourth-order valence-corrected chi connectivity index (χ4v) is 8.33. The molecule has 0 aliphatic rings. The molecular formula is C36H29Cl5N6O8S2. The van der Waals surface area contributed by atoms with Crippen molar-refractivity contribution in [2.45, 2.75) is 36.2 Å². The van der Waals surface area contributed by atoms with Crippen LogP contribution in [0, 0.1) is 0 Å². The second-order valence-corrected chi connectivity index (χ2v) is 16.6. The third-order valence-corrected chi connectivity index (χ3v) is 12.3. The zero-order valence-corrected chi connectivity index (χ0v) is 34.4. The molecule has 0 unspecified atom stereocenters. The van der Waals surface area contributed by atoms with E-state index in [-0.39, 0.29) is 84.9 Å². The van der Waals surface area contributed by atoms with Gasteiger partial charge in [0.25, 0.3) is 31.8 Å². The number of aromatic nitrogens is 4. The molecular weight excluding hydrogens is 886 g/mol. The predicted octanol–water partition coefficient (Wildman–Crippen LogP) is 7.96. The minimum Gasteiger partial charge on any atom is -0.470 e. The summed E-state index contributed by atoms with van der Waals surface area (Å²) in [4.78, 5) is 15.6. The Morgan fingerprint density at radius 2 is 1.09 bits per heavy atom. The first-order valence-corrected chi connectivity index (χ1v) is 21.0. The molecule has 14 nitrogen and oxygen atoms in total. The third kappa shape index (κ3) is 11.6. The maximum atomic E-state index is 12.7. The summed E-state index contributed by atoms with van der Waals surface area (Å²) < 4.78 is 66.7. The van der Waals surface area contributed by atoms with Crippen LogP contribution in [-0.4, -0.2) is 47.0 Å². The molecule has 21 heteroatoms. The molecule has 0 radical (unpaired) electrons. The molecule has 0 saturated carbocycles. The van der Waals surface area contributed by atoms with Crippen LogP contribution in [0.2, 0.25) is 25.2 Å². The zero-order valence-electron chi connectivity index (χ0n) is 29.0. The topological polar surface area (TPSA) is 203 Å². The van der Waals surface area contributed by atoms with Gasteiger partial charge in [0, 0.05) is 12.4 Å². The van der Waals surface area contributed by atoms with Crippen LogP contribution < -0.4 is 18.9 Å². The van der Waals surface area contributed by atoms with Crippen LogP contribution in [0.4, 0.5) is 11.6 Å². The molecule has 0 bridgehead atoms. The number of sulfonamides is 2. The van der Waals surface area contributed by atoms with Gasteiger partial charge in [-0.3, -0.25) is 9.44 Å². The Hall–Kier alpha value is -4.49. The number of nitrogens with one attached hydrogen (secondary N) is 2. The van der Waals surface area contributed by atoms with E-state index < -0.39 is 20.0 Å². The molecule has 2 heterocycles. The average molecular weight is 915 g/mol. The Morgan fingerprint density at radius 1 is 0.561 bits per heavy atom. The first-order valence-electron chi connectivity index (χ1n) is 16.1. The lowest BCUT2D eigenvalue weighted by Gasteiger charge is -2.14. The normalized spacial score (nSPS) is 11.3. The first kappa shape index (κ1) is 43.6. The molecule has 0 fully saturated rings. The fourth-order valence-electron chi connectivity index (χ4n) is 4.66. The number of benzene rings is 4. The van der Waals surface area contributed by atoms with Gasteiger partial charge in [0.15, 0.2) is 5.15 Å². The smallest absolute Gasteiger partial charge is 0.264 e. The molecule has 0 saturated heterocycles. The highest BCUT2D eigenvalue weighted by molar-refractivity contribution is 7.93. The Kier molecular flexibility index (Phi) is 15.1. The minimum atomic E-state index is -4.13. The van der Waals surface area contributed by atoms with Crippen molar-refractivity contribution in [2.75, 3.05) is 9.44 Å². The van der Waals surface area contributed by atoms with E-state index in [1.807, 2.05) is 0 Å². The van der Waals surface area contributed by atoms with Gasteiger partial charge in [0.1, 0.15) is 23.0 Å². The van der Waals surface area contributed by atoms with Gasteiger partial charge in [-0.2, -0.15) is 4.98 Å². The van der Waals surface area contributed by atoms with Gasteiger partial charge < -0.3 is 19.7 Å². The van der Waals surface area contributed by atoms with E-state index in [0.29, 0.717) is 11.1 Å². The van der Waals surface area contributed by atoms with E-state index in [9.17, 15) is 21.9 Å². The highest BCUT2D eigenvalue weighted by Gasteiger charge is 2.24. The predicted molar refractivity (Wildman–Crippen MR) is 217 cm³/mol. The molecule has 298 valence electrons. The highest BCUT2D eigenvalue weighted by Crippen LogP contribution is 2.33. The number of aliphatic hydroxyl groups excluding tert-OH is 2. The molecule has 57 heavy (non-hydrogen) atoms. The largest absolute Gasteiger partial charge is 0.470 e. The quantitative estimate of drug-likeness (QED) is 0.0822. The van der Waals surface area contributed by atoms with Crippen LogP contribution in [0.1, 0.15) is 22.3 Å². The Bertz CT molecular complexity index is 2570. The van der Waals surface area contributed by atoms with Crippen molar-refractivity contribution in [3.63, 3.8) is 0 Å². The second-order valence-electron chi connectivity index (χ2n) is 11.4. The number of nitrogens with zero attached hydrogens (tertiary/aromatic N) is 4. The van der Waals surface area contributed by atoms with E-state index in [1.165, 1.54) is 55.0 Å². The van der Waals surface area contributed by atoms with Crippen LogP contribution >= 0.6 is 58.0 Å². The Morgan fingerprint density at radius 3 is 1.67 bits per heavy atom. The monoisotopic (exact) mass is 912 g/mol. The number of halogens is 5. The van der Waals surface area contributed by atoms with Gasteiger partial charge in [0.2, 0.25) is 11.6 Å². The lowest BCUT2D eigenvalue weighted by atomic mass is 10.1. The summed E-state index contributed by atoms with van der Waals surface area (Å²) in [6, 6.07) is 22.7. The van der Waals surface area contributed by atoms with Crippen molar-refractivity contribution >= 4 is 89.7 Å². The molecule has 0 atom stereocenters. The number of anilines is 2. The summed E-state index contributed by atoms with van der Waals surface area (Å²) in [6.45, 7) is -0.0771. The number of hydrogen-bond donors (Lipinski definition) is 4. The highest BCUT2D eigenvalue weighted by atomic mass is 35.5. The van der Waals surface area contributed by atoms with E-state index >= 15 is 0 Å². The minimum absolute atomic E-state index is 0.00969. The summed E-state index contributed by atoms with van der Waals surface area (Å²) in [6.07, 6.45) is 3.89. The molecule has 4 aromatic carbocycles. The first-order chi connectivity index (χ1) is 27.2. The van der Waals surface area contributed by atoms with Gasteiger partial charge in [0.05, 0.1) is 39.5 Å². The summed E-state index contributed by atoms with van der Waals surface area (Å²) in [5, 5.41) is 18.5. The maximum absolute atomic E-state index is 12.7. The van der Waals surface area contributed by atoms with E-state index in [0.717, 1.165) is 11.1 Å². The van der Waals surface area contributed by atoms with Gasteiger partial charge in [-0.05, 0) is 46.5 Å². The molecule has 0 aliphatic carbocycles. The molecule has 6 rings (SSSR count). The fraction of sp³-hybridized carbons (Fsp3) is 0.111. The van der Waals surface area contributed by atoms with Crippen LogP contribution in [0.15, 0.2) is 113 Å². The summed E-state index contributed by atoms with van der Waals surface area (Å²) in [5.41, 5.74) is 2.95. The maximum Gasteiger partial charge on any atom is 0.264 e. The van der Waals surface area contributed by atoms with Crippen molar-refractivity contribution in [3.05, 3.63) is 151 Å². The molecule has 0 amide bonds. The van der Waals surface area contributed by atoms with E-state index in [2.05, 4.69) is 29.4 Å². The zero-order chi connectivity index (χ0) is 41.2. The van der Waals surface area contributed by atoms with Crippen LogP contribution in [0.25, 0.3) is 0 Å². The van der Waals surface area contributed by atoms with Crippen LogP contribution in [0.5, 0.6) is 11.8 Å². The van der Waals surface area contributed by atoms with Crippen molar-refractivity contribution in [2.24, 2.45) is 0 Å². The van der Waals surface area contributed by atoms with E-state index in [4.69, 9.17) is 72.6 Å². The summed E-state index contributed by atoms with van der Waals surface area (Å²) in [5.74, 6) is -0.375. The van der Waals surface area contributed by atoms with E-state index in [1.54, 1.807) is 48.5 Å². The van der Waals surface area contributed by atoms with Gasteiger partial charge in [-0.25, -0.2) is 31.8 Å². The summed E-state index contributed by atoms with van der Waals surface area (Å²) >= 11 is 29.7. The van der Waals surface area contributed by atoms with Gasteiger partial charge >= 0.3 is 0 Å². The van der Waals surface area contributed by atoms with Crippen molar-refractivity contribution in [3.8, 4) is 11.8 Å². The Labute approximate surface area is 352 Å². The Balaban J connectivity index is 0.000000218. The molecule has 0 spiro atoms.